The summed E-state index contributed by atoms with van der Waals surface area (Å²) in [5.41, 5.74) is 3.09. The number of fused-ring (bicyclic) bond motifs is 3. The number of rotatable bonds is 7. The quantitative estimate of drug-likeness (QED) is 0.572. The van der Waals surface area contributed by atoms with Crippen molar-refractivity contribution < 1.29 is 24.2 Å². The number of carboxylic acids is 1. The van der Waals surface area contributed by atoms with Crippen LogP contribution in [0.1, 0.15) is 62.5 Å². The van der Waals surface area contributed by atoms with E-state index in [1.54, 1.807) is 6.92 Å². The first-order chi connectivity index (χ1) is 16.3. The summed E-state index contributed by atoms with van der Waals surface area (Å²) >= 11 is 0. The van der Waals surface area contributed by atoms with E-state index >= 15 is 0 Å². The Hall–Kier alpha value is -3.35. The van der Waals surface area contributed by atoms with Gasteiger partial charge in [0.25, 0.3) is 0 Å². The number of alkyl carbamates (subject to hydrolysis) is 1. The average Bonchev–Trinajstić information content (AvgIpc) is 3.33. The van der Waals surface area contributed by atoms with Crippen LogP contribution in [0.3, 0.4) is 0 Å². The number of benzene rings is 2. The molecule has 5 rings (SSSR count). The zero-order chi connectivity index (χ0) is 23.9. The first kappa shape index (κ1) is 22.4. The van der Waals surface area contributed by atoms with E-state index < -0.39 is 23.0 Å². The maximum Gasteiger partial charge on any atom is 0.407 e. The van der Waals surface area contributed by atoms with Crippen LogP contribution in [0.25, 0.3) is 11.1 Å². The van der Waals surface area contributed by atoms with Gasteiger partial charge < -0.3 is 20.5 Å². The molecule has 7 nitrogen and oxygen atoms in total. The third-order valence-electron chi connectivity index (χ3n) is 7.85. The number of amides is 2. The molecule has 0 spiro atoms. The third kappa shape index (κ3) is 4.04. The molecule has 2 saturated carbocycles. The van der Waals surface area contributed by atoms with Crippen molar-refractivity contribution in [1.29, 1.82) is 0 Å². The Bertz CT molecular complexity index is 1100. The zero-order valence-corrected chi connectivity index (χ0v) is 19.3. The molecule has 2 unspecified atom stereocenters. The van der Waals surface area contributed by atoms with Gasteiger partial charge in [-0.3, -0.25) is 9.59 Å². The molecule has 0 radical (unpaired) electrons. The van der Waals surface area contributed by atoms with Crippen molar-refractivity contribution in [1.82, 2.24) is 10.6 Å². The van der Waals surface area contributed by atoms with Gasteiger partial charge in [0.2, 0.25) is 5.91 Å². The third-order valence-corrected chi connectivity index (χ3v) is 7.85. The smallest absolute Gasteiger partial charge is 0.407 e. The van der Waals surface area contributed by atoms with Gasteiger partial charge in [0.05, 0.1) is 11.0 Å². The van der Waals surface area contributed by atoms with Crippen molar-refractivity contribution in [2.24, 2.45) is 5.41 Å². The minimum absolute atomic E-state index is 0.0207. The number of carbonyl (C=O) groups is 3. The summed E-state index contributed by atoms with van der Waals surface area (Å²) < 4.78 is 5.64. The lowest BCUT2D eigenvalue weighted by Gasteiger charge is -2.28. The van der Waals surface area contributed by atoms with Crippen molar-refractivity contribution in [3.8, 4) is 11.1 Å². The molecular formula is C27H30N2O5. The van der Waals surface area contributed by atoms with Crippen LogP contribution in [0, 0.1) is 5.41 Å². The first-order valence-electron chi connectivity index (χ1n) is 12.0. The maximum absolute atomic E-state index is 12.7. The van der Waals surface area contributed by atoms with Gasteiger partial charge in [-0.05, 0) is 54.9 Å². The van der Waals surface area contributed by atoms with Crippen LogP contribution >= 0.6 is 0 Å². The van der Waals surface area contributed by atoms with Crippen LogP contribution in [0.5, 0.6) is 0 Å². The Morgan fingerprint density at radius 2 is 1.62 bits per heavy atom. The molecule has 0 saturated heterocycles. The highest BCUT2D eigenvalue weighted by molar-refractivity contribution is 5.82. The summed E-state index contributed by atoms with van der Waals surface area (Å²) in [6.07, 6.45) is 2.98. The minimum Gasteiger partial charge on any atom is -0.481 e. The van der Waals surface area contributed by atoms with Gasteiger partial charge in [0.15, 0.2) is 0 Å². The van der Waals surface area contributed by atoms with E-state index in [0.717, 1.165) is 17.5 Å². The predicted octanol–water partition coefficient (Wildman–Crippen LogP) is 4.21. The number of hydrogen-bond donors (Lipinski definition) is 3. The second kappa shape index (κ2) is 8.46. The number of ether oxygens (including phenoxy) is 1. The highest BCUT2D eigenvalue weighted by Crippen LogP contribution is 2.45. The molecule has 178 valence electrons. The lowest BCUT2D eigenvalue weighted by atomic mass is 9.85. The topological polar surface area (TPSA) is 105 Å². The second-order valence-electron chi connectivity index (χ2n) is 10.1. The molecule has 0 aliphatic heterocycles. The molecule has 7 heteroatoms. The van der Waals surface area contributed by atoms with E-state index in [4.69, 9.17) is 4.74 Å². The number of carbonyl (C=O) groups excluding carboxylic acids is 2. The van der Waals surface area contributed by atoms with Gasteiger partial charge in [-0.1, -0.05) is 55.0 Å². The van der Waals surface area contributed by atoms with Gasteiger partial charge in [0.1, 0.15) is 6.61 Å². The Morgan fingerprint density at radius 3 is 2.21 bits per heavy atom. The molecule has 2 aromatic rings. The molecule has 3 aliphatic rings. The fourth-order valence-corrected chi connectivity index (χ4v) is 5.55. The predicted molar refractivity (Wildman–Crippen MR) is 126 cm³/mol. The zero-order valence-electron chi connectivity index (χ0n) is 19.3. The summed E-state index contributed by atoms with van der Waals surface area (Å²) in [5, 5.41) is 15.4. The molecule has 2 amide bonds. The molecular weight excluding hydrogens is 432 g/mol. The Balaban J connectivity index is 1.17. The summed E-state index contributed by atoms with van der Waals surface area (Å²) in [6.45, 7) is 1.91. The monoisotopic (exact) mass is 462 g/mol. The Morgan fingerprint density at radius 1 is 1.00 bits per heavy atom. The molecule has 2 aromatic carbocycles. The largest absolute Gasteiger partial charge is 0.481 e. The lowest BCUT2D eigenvalue weighted by Crippen LogP contribution is -2.49. The highest BCUT2D eigenvalue weighted by Gasteiger charge is 2.49. The standard InChI is InChI=1S/C27H30N2O5/c1-26(24(31)32)12-6-11-22(26)28-23(30)15-27(13-14-27)29-25(33)34-16-21-19-9-4-2-7-17(19)18-8-3-5-10-20(18)21/h2-5,7-10,21-22H,6,11-16H2,1H3,(H,28,30)(H,29,33)(H,31,32). The van der Waals surface area contributed by atoms with Crippen LogP contribution in [0.4, 0.5) is 4.79 Å². The van der Waals surface area contributed by atoms with Crippen LogP contribution in [0.15, 0.2) is 48.5 Å². The van der Waals surface area contributed by atoms with Gasteiger partial charge in [-0.25, -0.2) is 4.79 Å². The van der Waals surface area contributed by atoms with Crippen LogP contribution in [-0.2, 0) is 14.3 Å². The van der Waals surface area contributed by atoms with E-state index in [1.165, 1.54) is 11.1 Å². The Kier molecular flexibility index (Phi) is 5.58. The first-order valence-corrected chi connectivity index (χ1v) is 12.0. The van der Waals surface area contributed by atoms with Crippen molar-refractivity contribution in [2.45, 2.75) is 62.9 Å². The number of aliphatic carboxylic acids is 1. The fourth-order valence-electron chi connectivity index (χ4n) is 5.55. The van der Waals surface area contributed by atoms with E-state index in [9.17, 15) is 19.5 Å². The maximum atomic E-state index is 12.7. The fraction of sp³-hybridized carbons (Fsp3) is 0.444. The molecule has 0 bridgehead atoms. The molecule has 3 N–H and O–H groups in total. The number of carboxylic acid groups (broad SMARTS) is 1. The van der Waals surface area contributed by atoms with Crippen LogP contribution in [0.2, 0.25) is 0 Å². The van der Waals surface area contributed by atoms with Crippen LogP contribution < -0.4 is 10.6 Å². The van der Waals surface area contributed by atoms with E-state index in [2.05, 4.69) is 34.9 Å². The molecule has 0 aromatic heterocycles. The SMILES string of the molecule is CC1(C(=O)O)CCCC1NC(=O)CC1(NC(=O)OCC2c3ccccc3-c3ccccc32)CC1. The molecule has 2 atom stereocenters. The summed E-state index contributed by atoms with van der Waals surface area (Å²) in [5.74, 6) is -1.13. The highest BCUT2D eigenvalue weighted by atomic mass is 16.5. The van der Waals surface area contributed by atoms with Crippen molar-refractivity contribution in [3.63, 3.8) is 0 Å². The van der Waals surface area contributed by atoms with Gasteiger partial charge in [0, 0.05) is 18.4 Å². The normalized spacial score (nSPS) is 24.1. The van der Waals surface area contributed by atoms with E-state index in [1.807, 2.05) is 24.3 Å². The van der Waals surface area contributed by atoms with Gasteiger partial charge in [-0.2, -0.15) is 0 Å². The average molecular weight is 463 g/mol. The number of nitrogens with one attached hydrogen (secondary N) is 2. The lowest BCUT2D eigenvalue weighted by molar-refractivity contribution is -0.149. The Labute approximate surface area is 198 Å². The summed E-state index contributed by atoms with van der Waals surface area (Å²) in [7, 11) is 0. The molecule has 0 heterocycles. The number of hydrogen-bond acceptors (Lipinski definition) is 4. The van der Waals surface area contributed by atoms with Gasteiger partial charge >= 0.3 is 12.1 Å². The molecule has 2 fully saturated rings. The van der Waals surface area contributed by atoms with Crippen molar-refractivity contribution in [2.75, 3.05) is 6.61 Å². The van der Waals surface area contributed by atoms with Crippen LogP contribution in [-0.4, -0.2) is 41.3 Å². The molecule has 3 aliphatic carbocycles. The second-order valence-corrected chi connectivity index (χ2v) is 10.1. The van der Waals surface area contributed by atoms with E-state index in [-0.39, 0.29) is 30.9 Å². The van der Waals surface area contributed by atoms with Gasteiger partial charge in [-0.15, -0.1) is 0 Å². The molecule has 34 heavy (non-hydrogen) atoms. The van der Waals surface area contributed by atoms with E-state index in [0.29, 0.717) is 25.7 Å². The summed E-state index contributed by atoms with van der Waals surface area (Å²) in [6, 6.07) is 15.9. The van der Waals surface area contributed by atoms with Crippen molar-refractivity contribution in [3.05, 3.63) is 59.7 Å². The van der Waals surface area contributed by atoms with Crippen molar-refractivity contribution >= 4 is 18.0 Å². The summed E-state index contributed by atoms with van der Waals surface area (Å²) in [4.78, 5) is 37.0. The minimum atomic E-state index is -0.938.